The molecule has 0 aliphatic rings. The summed E-state index contributed by atoms with van der Waals surface area (Å²) < 4.78 is 31.4. The summed E-state index contributed by atoms with van der Waals surface area (Å²) in [6.45, 7) is 1.72. The highest BCUT2D eigenvalue weighted by atomic mass is 35.5. The average molecular weight is 281 g/mol. The van der Waals surface area contributed by atoms with Gasteiger partial charge >= 0.3 is 0 Å². The van der Waals surface area contributed by atoms with Crippen LogP contribution in [0.3, 0.4) is 0 Å². The highest BCUT2D eigenvalue weighted by Gasteiger charge is 2.15. The van der Waals surface area contributed by atoms with Crippen LogP contribution in [0.5, 0.6) is 5.75 Å². The standard InChI is InChI=1S/C11H14F2N2O2.ClH/c1-6(5-14)11(16)15-9-3-8(13)10(17-2)4-7(9)12;/h3-4,6H,5,14H2,1-2H3,(H,15,16);1H. The van der Waals surface area contributed by atoms with Gasteiger partial charge in [-0.2, -0.15) is 0 Å². The molecule has 0 aromatic heterocycles. The van der Waals surface area contributed by atoms with E-state index in [4.69, 9.17) is 5.73 Å². The topological polar surface area (TPSA) is 64.3 Å². The van der Waals surface area contributed by atoms with E-state index < -0.39 is 23.5 Å². The summed E-state index contributed by atoms with van der Waals surface area (Å²) in [6, 6.07) is 1.74. The summed E-state index contributed by atoms with van der Waals surface area (Å²) in [5.74, 6) is -2.66. The Morgan fingerprint density at radius 2 is 2.06 bits per heavy atom. The molecular weight excluding hydrogens is 266 g/mol. The van der Waals surface area contributed by atoms with E-state index in [2.05, 4.69) is 10.1 Å². The van der Waals surface area contributed by atoms with Crippen LogP contribution >= 0.6 is 12.4 Å². The van der Waals surface area contributed by atoms with Crippen LogP contribution in [0, 0.1) is 17.6 Å². The van der Waals surface area contributed by atoms with Crippen LogP contribution in [-0.4, -0.2) is 19.6 Å². The fraction of sp³-hybridized carbons (Fsp3) is 0.364. The minimum absolute atomic E-state index is 0. The van der Waals surface area contributed by atoms with Crippen LogP contribution in [0.25, 0.3) is 0 Å². The van der Waals surface area contributed by atoms with Gasteiger partial charge in [0.15, 0.2) is 17.4 Å². The lowest BCUT2D eigenvalue weighted by Gasteiger charge is -2.11. The van der Waals surface area contributed by atoms with E-state index in [0.29, 0.717) is 0 Å². The number of amides is 1. The molecule has 0 bridgehead atoms. The number of hydrogen-bond donors (Lipinski definition) is 2. The molecule has 4 nitrogen and oxygen atoms in total. The van der Waals surface area contributed by atoms with Gasteiger partial charge in [0.1, 0.15) is 0 Å². The number of nitrogens with one attached hydrogen (secondary N) is 1. The molecule has 0 heterocycles. The number of nitrogens with two attached hydrogens (primary N) is 1. The van der Waals surface area contributed by atoms with Crippen LogP contribution in [0.15, 0.2) is 12.1 Å². The van der Waals surface area contributed by atoms with E-state index in [1.165, 1.54) is 7.11 Å². The van der Waals surface area contributed by atoms with Gasteiger partial charge in [-0.15, -0.1) is 12.4 Å². The Labute approximate surface area is 110 Å². The van der Waals surface area contributed by atoms with Crippen LogP contribution < -0.4 is 15.8 Å². The third kappa shape index (κ3) is 3.82. The second-order valence-corrected chi connectivity index (χ2v) is 3.59. The molecule has 1 aromatic carbocycles. The van der Waals surface area contributed by atoms with Crippen LogP contribution in [0.4, 0.5) is 14.5 Å². The molecule has 1 atom stereocenters. The first kappa shape index (κ1) is 16.6. The van der Waals surface area contributed by atoms with E-state index in [-0.39, 0.29) is 30.4 Å². The molecule has 0 fully saturated rings. The highest BCUT2D eigenvalue weighted by molar-refractivity contribution is 5.92. The van der Waals surface area contributed by atoms with Crippen molar-refractivity contribution in [3.8, 4) is 5.75 Å². The van der Waals surface area contributed by atoms with Gasteiger partial charge in [-0.1, -0.05) is 6.92 Å². The number of methoxy groups -OCH3 is 1. The molecule has 7 heteroatoms. The Bertz CT molecular complexity index is 430. The number of ether oxygens (including phenoxy) is 1. The molecule has 1 aromatic rings. The van der Waals surface area contributed by atoms with Crippen molar-refractivity contribution in [2.75, 3.05) is 19.0 Å². The monoisotopic (exact) mass is 280 g/mol. The van der Waals surface area contributed by atoms with Gasteiger partial charge in [0.2, 0.25) is 5.91 Å². The molecule has 1 amide bonds. The Morgan fingerprint density at radius 3 is 2.56 bits per heavy atom. The number of carbonyl (C=O) groups is 1. The summed E-state index contributed by atoms with van der Waals surface area (Å²) in [7, 11) is 1.23. The summed E-state index contributed by atoms with van der Waals surface area (Å²) >= 11 is 0. The zero-order valence-corrected chi connectivity index (χ0v) is 10.8. The van der Waals surface area contributed by atoms with E-state index in [1.807, 2.05) is 0 Å². The second kappa shape index (κ2) is 7.13. The van der Waals surface area contributed by atoms with E-state index in [1.54, 1.807) is 6.92 Å². The van der Waals surface area contributed by atoms with Crippen molar-refractivity contribution in [3.63, 3.8) is 0 Å². The number of halogens is 3. The van der Waals surface area contributed by atoms with Crippen LogP contribution in [0.1, 0.15) is 6.92 Å². The maximum Gasteiger partial charge on any atom is 0.228 e. The van der Waals surface area contributed by atoms with Gasteiger partial charge in [-0.25, -0.2) is 8.78 Å². The number of benzene rings is 1. The molecule has 1 unspecified atom stereocenters. The molecule has 0 aliphatic heterocycles. The fourth-order valence-electron chi connectivity index (χ4n) is 1.14. The summed E-state index contributed by atoms with van der Waals surface area (Å²) in [5, 5.41) is 2.26. The van der Waals surface area contributed by atoms with Gasteiger partial charge < -0.3 is 15.8 Å². The molecule has 102 valence electrons. The lowest BCUT2D eigenvalue weighted by Crippen LogP contribution is -2.27. The Balaban J connectivity index is 0.00000289. The quantitative estimate of drug-likeness (QED) is 0.886. The third-order valence-corrected chi connectivity index (χ3v) is 2.30. The first-order valence-corrected chi connectivity index (χ1v) is 5.03. The third-order valence-electron chi connectivity index (χ3n) is 2.30. The van der Waals surface area contributed by atoms with Crippen molar-refractivity contribution in [2.45, 2.75) is 6.92 Å². The Morgan fingerprint density at radius 1 is 1.44 bits per heavy atom. The van der Waals surface area contributed by atoms with Crippen molar-refractivity contribution in [3.05, 3.63) is 23.8 Å². The summed E-state index contributed by atoms with van der Waals surface area (Å²) in [5.41, 5.74) is 5.06. The molecule has 1 rings (SSSR count). The minimum Gasteiger partial charge on any atom is -0.494 e. The van der Waals surface area contributed by atoms with Crippen molar-refractivity contribution < 1.29 is 18.3 Å². The fourth-order valence-corrected chi connectivity index (χ4v) is 1.14. The van der Waals surface area contributed by atoms with Gasteiger partial charge in [0.05, 0.1) is 12.8 Å². The molecule has 0 radical (unpaired) electrons. The largest absolute Gasteiger partial charge is 0.494 e. The molecular formula is C11H15ClF2N2O2. The second-order valence-electron chi connectivity index (χ2n) is 3.59. The Hall–Kier alpha value is -1.40. The first-order chi connectivity index (χ1) is 7.99. The molecule has 0 spiro atoms. The number of anilines is 1. The van der Waals surface area contributed by atoms with E-state index >= 15 is 0 Å². The summed E-state index contributed by atoms with van der Waals surface area (Å²) in [6.07, 6.45) is 0. The van der Waals surface area contributed by atoms with Gasteiger partial charge in [0, 0.05) is 24.6 Å². The lowest BCUT2D eigenvalue weighted by molar-refractivity contribution is -0.119. The molecule has 0 saturated heterocycles. The number of hydrogen-bond acceptors (Lipinski definition) is 3. The predicted octanol–water partition coefficient (Wildman–Crippen LogP) is 1.93. The molecule has 0 aliphatic carbocycles. The average Bonchev–Trinajstić information content (AvgIpc) is 2.32. The van der Waals surface area contributed by atoms with Crippen molar-refractivity contribution in [2.24, 2.45) is 11.7 Å². The molecule has 0 saturated carbocycles. The number of carbonyl (C=O) groups excluding carboxylic acids is 1. The maximum atomic E-state index is 13.5. The normalized spacial score (nSPS) is 11.4. The molecule has 3 N–H and O–H groups in total. The van der Waals surface area contributed by atoms with Crippen molar-refractivity contribution in [1.29, 1.82) is 0 Å². The minimum atomic E-state index is -0.763. The van der Waals surface area contributed by atoms with Crippen LogP contribution in [0.2, 0.25) is 0 Å². The first-order valence-electron chi connectivity index (χ1n) is 5.03. The van der Waals surface area contributed by atoms with Gasteiger partial charge in [0.25, 0.3) is 0 Å². The maximum absolute atomic E-state index is 13.5. The predicted molar refractivity (Wildman–Crippen MR) is 67.0 cm³/mol. The highest BCUT2D eigenvalue weighted by Crippen LogP contribution is 2.24. The summed E-state index contributed by atoms with van der Waals surface area (Å²) in [4.78, 5) is 11.4. The van der Waals surface area contributed by atoms with Crippen molar-refractivity contribution in [1.82, 2.24) is 0 Å². The lowest BCUT2D eigenvalue weighted by atomic mass is 10.1. The molecule has 18 heavy (non-hydrogen) atoms. The Kier molecular flexibility index (Phi) is 6.57. The van der Waals surface area contributed by atoms with E-state index in [0.717, 1.165) is 12.1 Å². The SMILES string of the molecule is COc1cc(F)c(NC(=O)C(C)CN)cc1F.Cl. The van der Waals surface area contributed by atoms with Gasteiger partial charge in [-0.05, 0) is 0 Å². The zero-order chi connectivity index (χ0) is 13.0. The van der Waals surface area contributed by atoms with E-state index in [9.17, 15) is 13.6 Å². The van der Waals surface area contributed by atoms with Gasteiger partial charge in [-0.3, -0.25) is 4.79 Å². The van der Waals surface area contributed by atoms with Crippen LogP contribution in [-0.2, 0) is 4.79 Å². The zero-order valence-electron chi connectivity index (χ0n) is 10.00. The van der Waals surface area contributed by atoms with Crippen molar-refractivity contribution >= 4 is 24.0 Å². The smallest absolute Gasteiger partial charge is 0.228 e. The number of rotatable bonds is 4.